The van der Waals surface area contributed by atoms with Gasteiger partial charge in [-0.25, -0.2) is 4.72 Å². The third-order valence-corrected chi connectivity index (χ3v) is 2.59. The van der Waals surface area contributed by atoms with Crippen LogP contribution in [0.15, 0.2) is 0 Å². The fourth-order valence-corrected chi connectivity index (χ4v) is 1.80. The van der Waals surface area contributed by atoms with E-state index in [0.717, 1.165) is 0 Å². The minimum absolute atomic E-state index is 0.173. The first-order valence-corrected chi connectivity index (χ1v) is 5.72. The zero-order valence-corrected chi connectivity index (χ0v) is 9.26. The van der Waals surface area contributed by atoms with E-state index in [1.165, 1.54) is 6.92 Å². The SMILES string of the molecule is CC(C)CNS(=O)(=O)N[C@@H](C)C(=O)O. The van der Waals surface area contributed by atoms with E-state index in [4.69, 9.17) is 5.11 Å². The van der Waals surface area contributed by atoms with Gasteiger partial charge in [0.25, 0.3) is 10.2 Å². The van der Waals surface area contributed by atoms with Crippen LogP contribution in [-0.4, -0.2) is 32.1 Å². The van der Waals surface area contributed by atoms with Crippen molar-refractivity contribution in [1.82, 2.24) is 9.44 Å². The summed E-state index contributed by atoms with van der Waals surface area (Å²) >= 11 is 0. The average Bonchev–Trinajstić information content (AvgIpc) is 2.00. The van der Waals surface area contributed by atoms with E-state index in [9.17, 15) is 13.2 Å². The first-order chi connectivity index (χ1) is 6.24. The van der Waals surface area contributed by atoms with E-state index in [-0.39, 0.29) is 12.5 Å². The lowest BCUT2D eigenvalue weighted by atomic mass is 10.2. The predicted molar refractivity (Wildman–Crippen MR) is 52.0 cm³/mol. The molecule has 0 aliphatic rings. The highest BCUT2D eigenvalue weighted by molar-refractivity contribution is 7.87. The van der Waals surface area contributed by atoms with E-state index in [2.05, 4.69) is 4.72 Å². The molecule has 0 amide bonds. The van der Waals surface area contributed by atoms with Crippen molar-refractivity contribution in [1.29, 1.82) is 0 Å². The Labute approximate surface area is 83.9 Å². The van der Waals surface area contributed by atoms with Crippen molar-refractivity contribution in [3.05, 3.63) is 0 Å². The monoisotopic (exact) mass is 224 g/mol. The molecule has 0 saturated carbocycles. The molecule has 0 heterocycles. The summed E-state index contributed by atoms with van der Waals surface area (Å²) in [5, 5.41) is 8.47. The van der Waals surface area contributed by atoms with Gasteiger partial charge in [-0.1, -0.05) is 13.8 Å². The van der Waals surface area contributed by atoms with Crippen molar-refractivity contribution in [2.75, 3.05) is 6.54 Å². The summed E-state index contributed by atoms with van der Waals surface area (Å²) < 4.78 is 26.5. The second-order valence-corrected chi connectivity index (χ2v) is 4.95. The molecule has 0 spiro atoms. The summed E-state index contributed by atoms with van der Waals surface area (Å²) in [7, 11) is -3.70. The molecule has 0 aliphatic carbocycles. The molecule has 0 radical (unpaired) electrons. The fourth-order valence-electron chi connectivity index (χ4n) is 0.601. The van der Waals surface area contributed by atoms with Gasteiger partial charge in [-0.05, 0) is 12.8 Å². The lowest BCUT2D eigenvalue weighted by molar-refractivity contribution is -0.138. The van der Waals surface area contributed by atoms with Crippen LogP contribution in [0.4, 0.5) is 0 Å². The van der Waals surface area contributed by atoms with E-state index in [1.807, 2.05) is 18.6 Å². The third kappa shape index (κ3) is 5.90. The van der Waals surface area contributed by atoms with E-state index in [1.54, 1.807) is 0 Å². The number of hydrogen-bond acceptors (Lipinski definition) is 3. The Hall–Kier alpha value is -0.660. The Bertz CT molecular complexity index is 286. The Morgan fingerprint density at radius 1 is 1.36 bits per heavy atom. The van der Waals surface area contributed by atoms with Gasteiger partial charge < -0.3 is 5.11 Å². The lowest BCUT2D eigenvalue weighted by Gasteiger charge is -2.12. The average molecular weight is 224 g/mol. The largest absolute Gasteiger partial charge is 0.480 e. The number of hydrogen-bond donors (Lipinski definition) is 3. The Morgan fingerprint density at radius 3 is 2.21 bits per heavy atom. The summed E-state index contributed by atoms with van der Waals surface area (Å²) in [6, 6.07) is -1.13. The molecule has 3 N–H and O–H groups in total. The summed E-state index contributed by atoms with van der Waals surface area (Å²) in [6.07, 6.45) is 0. The number of aliphatic carboxylic acids is 1. The van der Waals surface area contributed by atoms with Gasteiger partial charge in [0.2, 0.25) is 0 Å². The molecule has 6 nitrogen and oxygen atoms in total. The molecule has 0 aromatic heterocycles. The maximum absolute atomic E-state index is 11.2. The molecule has 7 heteroatoms. The molecule has 0 saturated heterocycles. The van der Waals surface area contributed by atoms with Gasteiger partial charge in [0.15, 0.2) is 0 Å². The van der Waals surface area contributed by atoms with Crippen molar-refractivity contribution in [3.63, 3.8) is 0 Å². The standard InChI is InChI=1S/C7H16N2O4S/c1-5(2)4-8-14(12,13)9-6(3)7(10)11/h5-6,8-9H,4H2,1-3H3,(H,10,11)/t6-/m0/s1. The molecule has 0 aromatic carbocycles. The van der Waals surface area contributed by atoms with E-state index >= 15 is 0 Å². The molecule has 84 valence electrons. The van der Waals surface area contributed by atoms with Crippen LogP contribution >= 0.6 is 0 Å². The van der Waals surface area contributed by atoms with Gasteiger partial charge in [0, 0.05) is 6.54 Å². The van der Waals surface area contributed by atoms with Gasteiger partial charge in [-0.15, -0.1) is 0 Å². The Morgan fingerprint density at radius 2 is 1.86 bits per heavy atom. The van der Waals surface area contributed by atoms with Gasteiger partial charge in [-0.3, -0.25) is 4.79 Å². The highest BCUT2D eigenvalue weighted by atomic mass is 32.2. The molecular weight excluding hydrogens is 208 g/mol. The Kier molecular flexibility index (Phi) is 5.03. The molecular formula is C7H16N2O4S. The summed E-state index contributed by atoms with van der Waals surface area (Å²) in [4.78, 5) is 10.4. The molecule has 0 bridgehead atoms. The highest BCUT2D eigenvalue weighted by Crippen LogP contribution is 1.91. The zero-order valence-electron chi connectivity index (χ0n) is 8.44. The maximum atomic E-state index is 11.2. The van der Waals surface area contributed by atoms with Gasteiger partial charge in [0.05, 0.1) is 0 Å². The Balaban J connectivity index is 4.15. The zero-order chi connectivity index (χ0) is 11.4. The smallest absolute Gasteiger partial charge is 0.321 e. The molecule has 0 aliphatic heterocycles. The summed E-state index contributed by atoms with van der Waals surface area (Å²) in [5.74, 6) is -1.04. The number of carboxylic acids is 1. The van der Waals surface area contributed by atoms with Crippen LogP contribution < -0.4 is 9.44 Å². The number of rotatable bonds is 6. The van der Waals surface area contributed by atoms with Crippen LogP contribution in [-0.2, 0) is 15.0 Å². The number of nitrogens with one attached hydrogen (secondary N) is 2. The van der Waals surface area contributed by atoms with Crippen molar-refractivity contribution in [3.8, 4) is 0 Å². The third-order valence-electron chi connectivity index (χ3n) is 1.38. The van der Waals surface area contributed by atoms with Crippen molar-refractivity contribution >= 4 is 16.2 Å². The molecule has 0 rings (SSSR count). The van der Waals surface area contributed by atoms with E-state index in [0.29, 0.717) is 0 Å². The lowest BCUT2D eigenvalue weighted by Crippen LogP contribution is -2.45. The molecule has 1 atom stereocenters. The van der Waals surface area contributed by atoms with Crippen LogP contribution in [0.3, 0.4) is 0 Å². The fraction of sp³-hybridized carbons (Fsp3) is 0.857. The van der Waals surface area contributed by atoms with Crippen LogP contribution in [0.1, 0.15) is 20.8 Å². The molecule has 0 unspecified atom stereocenters. The molecule has 14 heavy (non-hydrogen) atoms. The van der Waals surface area contributed by atoms with Crippen LogP contribution in [0.2, 0.25) is 0 Å². The van der Waals surface area contributed by atoms with Crippen molar-refractivity contribution < 1.29 is 18.3 Å². The summed E-state index contributed by atoms with van der Waals surface area (Å²) in [5.41, 5.74) is 0. The van der Waals surface area contributed by atoms with Crippen LogP contribution in [0, 0.1) is 5.92 Å². The minimum Gasteiger partial charge on any atom is -0.480 e. The van der Waals surface area contributed by atoms with Gasteiger partial charge >= 0.3 is 5.97 Å². The first-order valence-electron chi connectivity index (χ1n) is 4.24. The van der Waals surface area contributed by atoms with Crippen molar-refractivity contribution in [2.45, 2.75) is 26.8 Å². The van der Waals surface area contributed by atoms with Gasteiger partial charge in [-0.2, -0.15) is 13.1 Å². The topological polar surface area (TPSA) is 95.5 Å². The minimum atomic E-state index is -3.70. The second-order valence-electron chi connectivity index (χ2n) is 3.42. The van der Waals surface area contributed by atoms with Gasteiger partial charge in [0.1, 0.15) is 6.04 Å². The van der Waals surface area contributed by atoms with Crippen LogP contribution in [0.5, 0.6) is 0 Å². The van der Waals surface area contributed by atoms with Crippen LogP contribution in [0.25, 0.3) is 0 Å². The number of carboxylic acid groups (broad SMARTS) is 1. The first kappa shape index (κ1) is 13.3. The number of carbonyl (C=O) groups is 1. The summed E-state index contributed by atoms with van der Waals surface area (Å²) in [6.45, 7) is 5.24. The maximum Gasteiger partial charge on any atom is 0.321 e. The normalized spacial score (nSPS) is 14.3. The highest BCUT2D eigenvalue weighted by Gasteiger charge is 2.18. The van der Waals surface area contributed by atoms with E-state index < -0.39 is 22.2 Å². The quantitative estimate of drug-likeness (QED) is 0.569. The predicted octanol–water partition coefficient (Wildman–Crippen LogP) is -0.460. The molecule has 0 fully saturated rings. The molecule has 0 aromatic rings. The van der Waals surface area contributed by atoms with Crippen molar-refractivity contribution in [2.24, 2.45) is 5.92 Å². The second kappa shape index (κ2) is 5.28.